The van der Waals surface area contributed by atoms with Crippen LogP contribution in [0.25, 0.3) is 0 Å². The smallest absolute Gasteiger partial charge is 0.410 e. The Morgan fingerprint density at radius 3 is 2.43 bits per heavy atom. The van der Waals surface area contributed by atoms with Crippen LogP contribution >= 0.6 is 22.9 Å². The number of urea groups is 1. The van der Waals surface area contributed by atoms with Crippen molar-refractivity contribution in [2.45, 2.75) is 56.7 Å². The monoisotopic (exact) mass is 681 g/mol. The third-order valence-electron chi connectivity index (χ3n) is 10.1. The third kappa shape index (κ3) is 7.64. The summed E-state index contributed by atoms with van der Waals surface area (Å²) in [5, 5.41) is 7.38. The normalized spacial score (nSPS) is 21.0. The summed E-state index contributed by atoms with van der Waals surface area (Å²) in [7, 11) is 2.16. The van der Waals surface area contributed by atoms with E-state index in [1.165, 1.54) is 0 Å². The fourth-order valence-corrected chi connectivity index (χ4v) is 8.30. The molecule has 3 N–H and O–H groups in total. The Kier molecular flexibility index (Phi) is 10.5. The molecule has 5 heterocycles. The van der Waals surface area contributed by atoms with E-state index in [1.807, 2.05) is 15.2 Å². The summed E-state index contributed by atoms with van der Waals surface area (Å²) in [5.41, 5.74) is 9.51. The van der Waals surface area contributed by atoms with Crippen molar-refractivity contribution in [3.63, 3.8) is 0 Å². The third-order valence-corrected chi connectivity index (χ3v) is 11.3. The molecule has 0 aliphatic carbocycles. The van der Waals surface area contributed by atoms with E-state index in [0.717, 1.165) is 56.7 Å². The molecule has 1 aromatic heterocycles. The number of ether oxygens (including phenoxy) is 1. The topological polar surface area (TPSA) is 115 Å². The van der Waals surface area contributed by atoms with E-state index in [9.17, 15) is 14.4 Å². The highest BCUT2D eigenvalue weighted by Gasteiger charge is 2.36. The number of piperazine rings is 1. The van der Waals surface area contributed by atoms with Gasteiger partial charge in [-0.05, 0) is 80.9 Å². The van der Waals surface area contributed by atoms with Crippen LogP contribution in [0.15, 0.2) is 22.9 Å². The maximum absolute atomic E-state index is 14.0. The summed E-state index contributed by atoms with van der Waals surface area (Å²) in [6.45, 7) is 6.41. The average Bonchev–Trinajstić information content (AvgIpc) is 3.46. The van der Waals surface area contributed by atoms with Crippen molar-refractivity contribution in [2.75, 3.05) is 77.0 Å². The zero-order valence-electron chi connectivity index (χ0n) is 27.0. The molecule has 1 aromatic carbocycles. The molecule has 13 heteroatoms. The van der Waals surface area contributed by atoms with Crippen molar-refractivity contribution >= 4 is 52.3 Å². The molecule has 4 amide bonds. The number of nitrogen functional groups attached to an aromatic ring is 1. The van der Waals surface area contributed by atoms with Crippen molar-refractivity contribution in [3.8, 4) is 12.3 Å². The first-order valence-corrected chi connectivity index (χ1v) is 17.9. The van der Waals surface area contributed by atoms with Crippen LogP contribution in [0.5, 0.6) is 0 Å². The van der Waals surface area contributed by atoms with Crippen LogP contribution in [0.3, 0.4) is 0 Å². The van der Waals surface area contributed by atoms with Gasteiger partial charge in [0, 0.05) is 75.3 Å². The largest absolute Gasteiger partial charge is 0.436 e. The van der Waals surface area contributed by atoms with Crippen LogP contribution in [0.4, 0.5) is 21.0 Å². The van der Waals surface area contributed by atoms with E-state index in [1.54, 1.807) is 28.4 Å². The van der Waals surface area contributed by atoms with Gasteiger partial charge in [-0.1, -0.05) is 17.5 Å². The van der Waals surface area contributed by atoms with E-state index >= 15 is 0 Å². The summed E-state index contributed by atoms with van der Waals surface area (Å²) < 4.78 is 6.02. The van der Waals surface area contributed by atoms with Gasteiger partial charge in [0.2, 0.25) is 0 Å². The number of nitrogens with one attached hydrogen (secondary N) is 1. The minimum atomic E-state index is -1.05. The number of thiophene rings is 1. The predicted molar refractivity (Wildman–Crippen MR) is 185 cm³/mol. The number of piperidine rings is 2. The first-order chi connectivity index (χ1) is 22.7. The van der Waals surface area contributed by atoms with Crippen molar-refractivity contribution in [1.29, 1.82) is 0 Å². The zero-order valence-corrected chi connectivity index (χ0v) is 28.5. The SMILES string of the molecule is C#Cc1cc(C[C@@H](OC(=O)N2CCC(N3CCc4cscc4NC3=O)CC2)C(=O)N2CCN(C3CCN(C)CC3)CC2)cc(Cl)c1N. The molecule has 0 bridgehead atoms. The van der Waals surface area contributed by atoms with Gasteiger partial charge in [0.15, 0.2) is 6.10 Å². The highest BCUT2D eigenvalue weighted by atomic mass is 35.5. The van der Waals surface area contributed by atoms with E-state index in [-0.39, 0.29) is 24.4 Å². The number of likely N-dealkylation sites (tertiary alicyclic amines) is 2. The quantitative estimate of drug-likeness (QED) is 0.352. The lowest BCUT2D eigenvalue weighted by Crippen LogP contribution is -2.56. The molecule has 6 rings (SSSR count). The van der Waals surface area contributed by atoms with Gasteiger partial charge in [0.1, 0.15) is 0 Å². The number of fused-ring (bicyclic) bond motifs is 1. The second-order valence-corrected chi connectivity index (χ2v) is 14.2. The summed E-state index contributed by atoms with van der Waals surface area (Å²) >= 11 is 7.97. The Bertz CT molecular complexity index is 1500. The number of anilines is 2. The molecule has 47 heavy (non-hydrogen) atoms. The first kappa shape index (κ1) is 33.4. The van der Waals surface area contributed by atoms with E-state index in [4.69, 9.17) is 28.5 Å². The Labute approximate surface area is 285 Å². The fraction of sp³-hybridized carbons (Fsp3) is 0.559. The molecule has 4 aliphatic heterocycles. The van der Waals surface area contributed by atoms with Crippen LogP contribution < -0.4 is 11.1 Å². The summed E-state index contributed by atoms with van der Waals surface area (Å²) in [6, 6.07) is 3.86. The van der Waals surface area contributed by atoms with Crippen LogP contribution in [-0.2, 0) is 22.4 Å². The molecule has 4 aliphatic rings. The number of benzene rings is 1. The van der Waals surface area contributed by atoms with E-state index < -0.39 is 12.2 Å². The standard InChI is InChI=1S/C34H44ClN7O4S/c1-3-24-18-23(19-28(35)31(24)36)20-30(32(43)40-16-14-39(15-17-40)26-5-9-38(2)10-6-26)46-34(45)41-11-7-27(8-12-41)42-13-4-25-21-47-22-29(25)37-33(42)44/h1,18-19,21-22,26-27,30H,4-17,20,36H2,2H3,(H,37,44)/t30-/m1/s1. The molecule has 1 atom stereocenters. The maximum Gasteiger partial charge on any atom is 0.410 e. The zero-order chi connectivity index (χ0) is 33.1. The minimum Gasteiger partial charge on any atom is -0.436 e. The van der Waals surface area contributed by atoms with E-state index in [0.29, 0.717) is 73.4 Å². The van der Waals surface area contributed by atoms with Gasteiger partial charge in [0.25, 0.3) is 5.91 Å². The average molecular weight is 682 g/mol. The maximum atomic E-state index is 14.0. The van der Waals surface area contributed by atoms with Gasteiger partial charge in [-0.15, -0.1) is 17.8 Å². The number of terminal acetylenes is 1. The number of nitrogens with two attached hydrogens (primary N) is 1. The molecule has 252 valence electrons. The van der Waals surface area contributed by atoms with Gasteiger partial charge < -0.3 is 35.4 Å². The minimum absolute atomic E-state index is 0.0177. The van der Waals surface area contributed by atoms with Gasteiger partial charge >= 0.3 is 12.1 Å². The Hall–Kier alpha value is -3.50. The Morgan fingerprint density at radius 2 is 1.72 bits per heavy atom. The van der Waals surface area contributed by atoms with Crippen LogP contribution in [0.1, 0.15) is 42.4 Å². The lowest BCUT2D eigenvalue weighted by molar-refractivity contribution is -0.143. The number of hydrogen-bond acceptors (Lipinski definition) is 8. The summed E-state index contributed by atoms with van der Waals surface area (Å²) in [4.78, 5) is 50.8. The second-order valence-electron chi connectivity index (χ2n) is 13.1. The number of nitrogens with zero attached hydrogens (tertiary/aromatic N) is 5. The Balaban J connectivity index is 1.09. The second kappa shape index (κ2) is 14.7. The molecule has 0 unspecified atom stereocenters. The molecular weight excluding hydrogens is 638 g/mol. The lowest BCUT2D eigenvalue weighted by Gasteiger charge is -2.42. The number of amides is 4. The highest BCUT2D eigenvalue weighted by Crippen LogP contribution is 2.29. The van der Waals surface area contributed by atoms with Crippen LogP contribution in [-0.4, -0.2) is 127 Å². The van der Waals surface area contributed by atoms with Crippen molar-refractivity contribution < 1.29 is 19.1 Å². The van der Waals surface area contributed by atoms with Crippen molar-refractivity contribution in [2.24, 2.45) is 0 Å². The molecule has 3 saturated heterocycles. The van der Waals surface area contributed by atoms with Crippen molar-refractivity contribution in [1.82, 2.24) is 24.5 Å². The number of halogens is 1. The number of hydrogen-bond donors (Lipinski definition) is 2. The van der Waals surface area contributed by atoms with Gasteiger partial charge in [-0.2, -0.15) is 0 Å². The molecule has 11 nitrogen and oxygen atoms in total. The molecule has 0 spiro atoms. The highest BCUT2D eigenvalue weighted by molar-refractivity contribution is 7.08. The Morgan fingerprint density at radius 1 is 1.02 bits per heavy atom. The molecule has 0 saturated carbocycles. The van der Waals surface area contributed by atoms with Crippen molar-refractivity contribution in [3.05, 3.63) is 44.6 Å². The number of carbonyl (C=O) groups is 3. The van der Waals surface area contributed by atoms with Crippen LogP contribution in [0, 0.1) is 12.3 Å². The summed E-state index contributed by atoms with van der Waals surface area (Å²) in [6.07, 6.45) is 8.54. The predicted octanol–water partition coefficient (Wildman–Crippen LogP) is 3.81. The fourth-order valence-electron chi connectivity index (χ4n) is 7.24. The van der Waals surface area contributed by atoms with Gasteiger partial charge in [0.05, 0.1) is 16.4 Å². The molecule has 2 aromatic rings. The van der Waals surface area contributed by atoms with Gasteiger partial charge in [-0.3, -0.25) is 9.69 Å². The van der Waals surface area contributed by atoms with Gasteiger partial charge in [-0.25, -0.2) is 9.59 Å². The van der Waals surface area contributed by atoms with Crippen LogP contribution in [0.2, 0.25) is 5.02 Å². The summed E-state index contributed by atoms with van der Waals surface area (Å²) in [5.74, 6) is 2.33. The lowest BCUT2D eigenvalue weighted by atomic mass is 10.0. The first-order valence-electron chi connectivity index (χ1n) is 16.5. The molecule has 0 radical (unpaired) electrons. The van der Waals surface area contributed by atoms with E-state index in [2.05, 4.69) is 33.5 Å². The number of carbonyl (C=O) groups excluding carboxylic acids is 3. The number of rotatable bonds is 6. The molecule has 3 fully saturated rings. The molecular formula is C34H44ClN7O4S.